The van der Waals surface area contributed by atoms with Gasteiger partial charge >= 0.3 is 0 Å². The number of likely N-dealkylation sites (N-methyl/N-ethyl adjacent to an activating group) is 1. The number of likely N-dealkylation sites (tertiary alicyclic amines) is 1. The number of rotatable bonds is 0. The van der Waals surface area contributed by atoms with Crippen molar-refractivity contribution in [3.05, 3.63) is 0 Å². The lowest BCUT2D eigenvalue weighted by atomic mass is 10.00. The van der Waals surface area contributed by atoms with Crippen molar-refractivity contribution >= 4 is 24.8 Å². The van der Waals surface area contributed by atoms with Crippen molar-refractivity contribution in [2.45, 2.75) is 18.5 Å². The molecule has 62 valence electrons. The number of hydrogen-bond acceptors (Lipinski definition) is 2. The number of halogens is 2. The number of nitrogens with zero attached hydrogens (tertiary/aromatic N) is 1. The van der Waals surface area contributed by atoms with Crippen LogP contribution in [-0.2, 0) is 0 Å². The highest BCUT2D eigenvalue weighted by molar-refractivity contribution is 5.85. The van der Waals surface area contributed by atoms with Gasteiger partial charge in [0.15, 0.2) is 0 Å². The largest absolute Gasteiger partial charge is 0.311 e. The summed E-state index contributed by atoms with van der Waals surface area (Å²) in [5.41, 5.74) is 0. The molecule has 2 nitrogen and oxygen atoms in total. The molecule has 0 bridgehead atoms. The van der Waals surface area contributed by atoms with Crippen LogP contribution in [0, 0.1) is 0 Å². The number of hydrogen-bond donors (Lipinski definition) is 1. The number of nitrogens with one attached hydrogen (secondary N) is 1. The van der Waals surface area contributed by atoms with Crippen molar-refractivity contribution in [3.63, 3.8) is 0 Å². The van der Waals surface area contributed by atoms with E-state index in [1.165, 1.54) is 19.5 Å². The summed E-state index contributed by atoms with van der Waals surface area (Å²) in [4.78, 5) is 2.42. The van der Waals surface area contributed by atoms with Crippen LogP contribution in [0.3, 0.4) is 0 Å². The average molecular weight is 185 g/mol. The monoisotopic (exact) mass is 184 g/mol. The first-order chi connectivity index (χ1) is 3.88. The van der Waals surface area contributed by atoms with E-state index < -0.39 is 0 Å². The molecule has 0 aliphatic carbocycles. The predicted molar refractivity (Wildman–Crippen MR) is 47.3 cm³/mol. The smallest absolute Gasteiger partial charge is 0.0351 e. The third-order valence-corrected chi connectivity index (χ3v) is 2.36. The molecule has 2 atom stereocenters. The molecule has 4 heteroatoms. The van der Waals surface area contributed by atoms with Crippen molar-refractivity contribution in [1.29, 1.82) is 0 Å². The quantitative estimate of drug-likeness (QED) is 0.591. The maximum atomic E-state index is 3.44. The lowest BCUT2D eigenvalue weighted by Crippen LogP contribution is -2.58. The zero-order valence-corrected chi connectivity index (χ0v) is 7.67. The second-order valence-corrected chi connectivity index (χ2v) is 2.86. The van der Waals surface area contributed by atoms with Gasteiger partial charge in [-0.3, -0.25) is 0 Å². The van der Waals surface area contributed by atoms with Gasteiger partial charge in [-0.15, -0.1) is 24.8 Å². The van der Waals surface area contributed by atoms with Crippen LogP contribution < -0.4 is 5.32 Å². The molecule has 0 aromatic rings. The van der Waals surface area contributed by atoms with Crippen LogP contribution in [0.4, 0.5) is 0 Å². The van der Waals surface area contributed by atoms with Crippen LogP contribution >= 0.6 is 24.8 Å². The molecular weight excluding hydrogens is 171 g/mol. The minimum Gasteiger partial charge on any atom is -0.311 e. The van der Waals surface area contributed by atoms with Crippen molar-refractivity contribution in [1.82, 2.24) is 10.2 Å². The summed E-state index contributed by atoms with van der Waals surface area (Å²) in [7, 11) is 2.20. The number of fused-ring (bicyclic) bond motifs is 1. The van der Waals surface area contributed by atoms with E-state index in [2.05, 4.69) is 17.3 Å². The molecule has 1 N–H and O–H groups in total. The first kappa shape index (κ1) is 10.5. The highest BCUT2D eigenvalue weighted by atomic mass is 35.5. The molecule has 10 heavy (non-hydrogen) atoms. The lowest BCUT2D eigenvalue weighted by Gasteiger charge is -2.41. The van der Waals surface area contributed by atoms with Crippen LogP contribution in [0.5, 0.6) is 0 Å². The van der Waals surface area contributed by atoms with E-state index in [-0.39, 0.29) is 24.8 Å². The van der Waals surface area contributed by atoms with Gasteiger partial charge in [0.05, 0.1) is 0 Å². The summed E-state index contributed by atoms with van der Waals surface area (Å²) in [5, 5.41) is 3.44. The Kier molecular flexibility index (Phi) is 3.95. The van der Waals surface area contributed by atoms with Crippen molar-refractivity contribution in [3.8, 4) is 0 Å². The Labute approximate surface area is 74.2 Å². The molecule has 0 saturated carbocycles. The molecule has 2 aliphatic heterocycles. The fraction of sp³-hybridized carbons (Fsp3) is 1.00. The zero-order chi connectivity index (χ0) is 5.56. The lowest BCUT2D eigenvalue weighted by molar-refractivity contribution is 0.106. The van der Waals surface area contributed by atoms with Gasteiger partial charge in [0.25, 0.3) is 0 Å². The normalized spacial score (nSPS) is 36.9. The molecule has 2 aliphatic rings. The Hall–Kier alpha value is 0.500. The highest BCUT2D eigenvalue weighted by Gasteiger charge is 2.38. The molecule has 0 spiro atoms. The zero-order valence-electron chi connectivity index (χ0n) is 6.04. The van der Waals surface area contributed by atoms with E-state index in [0.29, 0.717) is 0 Å². The van der Waals surface area contributed by atoms with Crippen molar-refractivity contribution in [2.75, 3.05) is 20.1 Å². The third-order valence-electron chi connectivity index (χ3n) is 2.36. The molecule has 0 aromatic carbocycles. The fourth-order valence-corrected chi connectivity index (χ4v) is 1.78. The van der Waals surface area contributed by atoms with E-state index in [0.717, 1.165) is 12.1 Å². The van der Waals surface area contributed by atoms with Crippen LogP contribution in [0.15, 0.2) is 0 Å². The summed E-state index contributed by atoms with van der Waals surface area (Å²) in [5.74, 6) is 0. The van der Waals surface area contributed by atoms with E-state index >= 15 is 0 Å². The van der Waals surface area contributed by atoms with Crippen molar-refractivity contribution < 1.29 is 0 Å². The SMILES string of the molecule is CN1C[C@H]2NCC[C@H]21.Cl.Cl. The second kappa shape index (κ2) is 3.77. The Morgan fingerprint density at radius 2 is 2.10 bits per heavy atom. The molecule has 2 rings (SSSR count). The Bertz CT molecular complexity index is 110. The summed E-state index contributed by atoms with van der Waals surface area (Å²) >= 11 is 0. The molecule has 0 amide bonds. The standard InChI is InChI=1S/C6H12N2.2ClH/c1-8-4-5-6(8)2-3-7-5;;/h5-7H,2-4H2,1H3;2*1H/t5-,6-;;/m1../s1. The van der Waals surface area contributed by atoms with Gasteiger partial charge in [-0.25, -0.2) is 0 Å². The van der Waals surface area contributed by atoms with Crippen LogP contribution in [0.25, 0.3) is 0 Å². The molecule has 0 unspecified atom stereocenters. The molecule has 2 fully saturated rings. The van der Waals surface area contributed by atoms with Crippen LogP contribution in [-0.4, -0.2) is 37.1 Å². The van der Waals surface area contributed by atoms with Gasteiger partial charge in [0.1, 0.15) is 0 Å². The summed E-state index contributed by atoms with van der Waals surface area (Å²) in [6.45, 7) is 2.50. The van der Waals surface area contributed by atoms with Gasteiger partial charge in [0, 0.05) is 18.6 Å². The summed E-state index contributed by atoms with van der Waals surface area (Å²) in [6.07, 6.45) is 1.36. The van der Waals surface area contributed by atoms with Gasteiger partial charge < -0.3 is 10.2 Å². The predicted octanol–water partition coefficient (Wildman–Crippen LogP) is 0.506. The highest BCUT2D eigenvalue weighted by Crippen LogP contribution is 2.22. The minimum absolute atomic E-state index is 0. The fourth-order valence-electron chi connectivity index (χ4n) is 1.78. The first-order valence-corrected chi connectivity index (χ1v) is 3.31. The molecule has 2 heterocycles. The Morgan fingerprint density at radius 3 is 2.50 bits per heavy atom. The van der Waals surface area contributed by atoms with E-state index in [1.807, 2.05) is 0 Å². The van der Waals surface area contributed by atoms with Gasteiger partial charge in [-0.1, -0.05) is 0 Å². The van der Waals surface area contributed by atoms with Gasteiger partial charge in [-0.05, 0) is 20.0 Å². The second-order valence-electron chi connectivity index (χ2n) is 2.86. The van der Waals surface area contributed by atoms with Crippen LogP contribution in [0.2, 0.25) is 0 Å². The molecule has 2 saturated heterocycles. The first-order valence-electron chi connectivity index (χ1n) is 3.31. The Morgan fingerprint density at radius 1 is 1.40 bits per heavy atom. The minimum atomic E-state index is 0. The molecule has 0 aromatic heterocycles. The van der Waals surface area contributed by atoms with E-state index in [1.54, 1.807) is 0 Å². The maximum Gasteiger partial charge on any atom is 0.0351 e. The van der Waals surface area contributed by atoms with E-state index in [4.69, 9.17) is 0 Å². The topological polar surface area (TPSA) is 15.3 Å². The molecule has 0 radical (unpaired) electrons. The average Bonchev–Trinajstić information content (AvgIpc) is 2.09. The van der Waals surface area contributed by atoms with Crippen LogP contribution in [0.1, 0.15) is 6.42 Å². The Balaban J connectivity index is 0.000000405. The van der Waals surface area contributed by atoms with Crippen molar-refractivity contribution in [2.24, 2.45) is 0 Å². The summed E-state index contributed by atoms with van der Waals surface area (Å²) < 4.78 is 0. The third kappa shape index (κ3) is 1.40. The van der Waals surface area contributed by atoms with Gasteiger partial charge in [0.2, 0.25) is 0 Å². The molecular formula is C6H14Cl2N2. The maximum absolute atomic E-state index is 3.44. The summed E-state index contributed by atoms with van der Waals surface area (Å²) in [6, 6.07) is 1.73. The van der Waals surface area contributed by atoms with E-state index in [9.17, 15) is 0 Å². The van der Waals surface area contributed by atoms with Gasteiger partial charge in [-0.2, -0.15) is 0 Å².